The summed E-state index contributed by atoms with van der Waals surface area (Å²) in [5.41, 5.74) is 5.27. The van der Waals surface area contributed by atoms with E-state index in [1.807, 2.05) is 0 Å². The van der Waals surface area contributed by atoms with E-state index in [0.717, 1.165) is 12.1 Å². The van der Waals surface area contributed by atoms with Crippen LogP contribution in [0.5, 0.6) is 5.75 Å². The van der Waals surface area contributed by atoms with E-state index in [2.05, 4.69) is 20.7 Å². The van der Waals surface area contributed by atoms with Crippen LogP contribution in [0, 0.1) is 5.82 Å². The molecule has 1 aromatic rings. The average Bonchev–Trinajstić information content (AvgIpc) is 2.07. The maximum atomic E-state index is 12.9. The van der Waals surface area contributed by atoms with E-state index < -0.39 is 18.6 Å². The molecule has 0 bridgehead atoms. The second-order valence-corrected chi connectivity index (χ2v) is 3.56. The SMILES string of the molecule is Nc1cc(Br)c(F)cc1OCC(F)(F)F. The highest BCUT2D eigenvalue weighted by Crippen LogP contribution is 2.29. The lowest BCUT2D eigenvalue weighted by Gasteiger charge is -2.11. The third-order valence-electron chi connectivity index (χ3n) is 1.44. The van der Waals surface area contributed by atoms with Crippen LogP contribution in [0.1, 0.15) is 0 Å². The van der Waals surface area contributed by atoms with E-state index in [1.165, 1.54) is 0 Å². The molecule has 1 aromatic carbocycles. The van der Waals surface area contributed by atoms with Crippen molar-refractivity contribution in [1.29, 1.82) is 0 Å². The van der Waals surface area contributed by atoms with Crippen LogP contribution in [0.25, 0.3) is 0 Å². The van der Waals surface area contributed by atoms with Gasteiger partial charge in [-0.15, -0.1) is 0 Å². The molecule has 0 aromatic heterocycles. The van der Waals surface area contributed by atoms with E-state index in [0.29, 0.717) is 0 Å². The first-order valence-electron chi connectivity index (χ1n) is 3.73. The Labute approximate surface area is 91.1 Å². The van der Waals surface area contributed by atoms with Crippen molar-refractivity contribution in [2.75, 3.05) is 12.3 Å². The molecule has 0 fully saturated rings. The van der Waals surface area contributed by atoms with Gasteiger partial charge in [0.1, 0.15) is 11.6 Å². The van der Waals surface area contributed by atoms with E-state index in [4.69, 9.17) is 5.73 Å². The lowest BCUT2D eigenvalue weighted by Crippen LogP contribution is -2.19. The monoisotopic (exact) mass is 287 g/mol. The minimum Gasteiger partial charge on any atom is -0.482 e. The van der Waals surface area contributed by atoms with Crippen LogP contribution in [0.15, 0.2) is 16.6 Å². The van der Waals surface area contributed by atoms with Crippen LogP contribution in [0.2, 0.25) is 0 Å². The zero-order valence-electron chi connectivity index (χ0n) is 7.24. The lowest BCUT2D eigenvalue weighted by molar-refractivity contribution is -0.153. The molecule has 0 aliphatic carbocycles. The van der Waals surface area contributed by atoms with Gasteiger partial charge in [-0.3, -0.25) is 0 Å². The molecule has 7 heteroatoms. The Hall–Kier alpha value is -0.980. The van der Waals surface area contributed by atoms with Gasteiger partial charge in [-0.05, 0) is 22.0 Å². The smallest absolute Gasteiger partial charge is 0.422 e. The van der Waals surface area contributed by atoms with Gasteiger partial charge in [0.15, 0.2) is 6.61 Å². The zero-order valence-corrected chi connectivity index (χ0v) is 8.82. The molecule has 0 radical (unpaired) electrons. The van der Waals surface area contributed by atoms with Crippen LogP contribution in [-0.2, 0) is 0 Å². The fourth-order valence-electron chi connectivity index (χ4n) is 0.829. The number of nitrogen functional groups attached to an aromatic ring is 1. The fraction of sp³-hybridized carbons (Fsp3) is 0.250. The van der Waals surface area contributed by atoms with Gasteiger partial charge in [0.2, 0.25) is 0 Å². The number of ether oxygens (including phenoxy) is 1. The second kappa shape index (κ2) is 4.26. The number of alkyl halides is 3. The summed E-state index contributed by atoms with van der Waals surface area (Å²) in [7, 11) is 0. The molecule has 0 spiro atoms. The molecule has 0 aliphatic rings. The number of benzene rings is 1. The van der Waals surface area contributed by atoms with Crippen LogP contribution in [-0.4, -0.2) is 12.8 Å². The van der Waals surface area contributed by atoms with E-state index >= 15 is 0 Å². The van der Waals surface area contributed by atoms with E-state index in [-0.39, 0.29) is 15.9 Å². The van der Waals surface area contributed by atoms with Gasteiger partial charge in [0, 0.05) is 6.07 Å². The van der Waals surface area contributed by atoms with Gasteiger partial charge in [-0.25, -0.2) is 4.39 Å². The zero-order chi connectivity index (χ0) is 11.6. The summed E-state index contributed by atoms with van der Waals surface area (Å²) < 4.78 is 52.7. The van der Waals surface area contributed by atoms with E-state index in [9.17, 15) is 17.6 Å². The van der Waals surface area contributed by atoms with Crippen molar-refractivity contribution in [1.82, 2.24) is 0 Å². The molecule has 0 aliphatic heterocycles. The van der Waals surface area contributed by atoms with Gasteiger partial charge in [0.05, 0.1) is 10.2 Å². The molecule has 0 atom stereocenters. The molecule has 15 heavy (non-hydrogen) atoms. The molecule has 2 nitrogen and oxygen atoms in total. The molecule has 1 rings (SSSR count). The summed E-state index contributed by atoms with van der Waals surface area (Å²) in [6, 6.07) is 1.94. The van der Waals surface area contributed by atoms with E-state index in [1.54, 1.807) is 0 Å². The number of nitrogens with two attached hydrogens (primary N) is 1. The maximum Gasteiger partial charge on any atom is 0.422 e. The second-order valence-electron chi connectivity index (χ2n) is 2.71. The molecule has 0 unspecified atom stereocenters. The number of halogens is 5. The van der Waals surface area contributed by atoms with Crippen molar-refractivity contribution >= 4 is 21.6 Å². The van der Waals surface area contributed by atoms with Gasteiger partial charge >= 0.3 is 6.18 Å². The van der Waals surface area contributed by atoms with Crippen molar-refractivity contribution < 1.29 is 22.3 Å². The number of hydrogen-bond acceptors (Lipinski definition) is 2. The molecule has 0 heterocycles. The summed E-state index contributed by atoms with van der Waals surface area (Å²) >= 11 is 2.84. The fourth-order valence-corrected chi connectivity index (χ4v) is 1.19. The van der Waals surface area contributed by atoms with Crippen LogP contribution >= 0.6 is 15.9 Å². The maximum absolute atomic E-state index is 12.9. The van der Waals surface area contributed by atoms with Crippen molar-refractivity contribution in [3.63, 3.8) is 0 Å². The Morgan fingerprint density at radius 2 is 1.93 bits per heavy atom. The molecular weight excluding hydrogens is 282 g/mol. The topological polar surface area (TPSA) is 35.2 Å². The Bertz CT molecular complexity index is 366. The van der Waals surface area contributed by atoms with Crippen molar-refractivity contribution in [2.24, 2.45) is 0 Å². The Morgan fingerprint density at radius 3 is 2.47 bits per heavy atom. The van der Waals surface area contributed by atoms with Crippen molar-refractivity contribution in [3.8, 4) is 5.75 Å². The largest absolute Gasteiger partial charge is 0.482 e. The first-order chi connectivity index (χ1) is 6.79. The predicted molar refractivity (Wildman–Crippen MR) is 50.1 cm³/mol. The summed E-state index contributed by atoms with van der Waals surface area (Å²) in [5.74, 6) is -1.06. The third kappa shape index (κ3) is 3.58. The standard InChI is InChI=1S/C8H6BrF4NO/c9-4-1-6(14)7(2-5(4)10)15-3-8(11,12)13/h1-2H,3,14H2. The highest BCUT2D eigenvalue weighted by Gasteiger charge is 2.28. The van der Waals surface area contributed by atoms with Crippen LogP contribution < -0.4 is 10.5 Å². The molecule has 0 saturated heterocycles. The summed E-state index contributed by atoms with van der Waals surface area (Å²) in [5, 5.41) is 0. The average molecular weight is 288 g/mol. The van der Waals surface area contributed by atoms with Crippen LogP contribution in [0.4, 0.5) is 23.2 Å². The number of hydrogen-bond donors (Lipinski definition) is 1. The first kappa shape index (κ1) is 12.1. The van der Waals surface area contributed by atoms with Crippen molar-refractivity contribution in [3.05, 3.63) is 22.4 Å². The Balaban J connectivity index is 2.82. The van der Waals surface area contributed by atoms with Gasteiger partial charge in [-0.2, -0.15) is 13.2 Å². The minimum atomic E-state index is -4.48. The molecule has 0 amide bonds. The molecular formula is C8H6BrF4NO. The number of rotatable bonds is 2. The summed E-state index contributed by atoms with van der Waals surface area (Å²) in [4.78, 5) is 0. The Morgan fingerprint density at radius 1 is 1.33 bits per heavy atom. The van der Waals surface area contributed by atoms with Gasteiger partial charge in [0.25, 0.3) is 0 Å². The molecule has 84 valence electrons. The Kier molecular flexibility index (Phi) is 3.43. The van der Waals surface area contributed by atoms with Gasteiger partial charge < -0.3 is 10.5 Å². The first-order valence-corrected chi connectivity index (χ1v) is 4.53. The highest BCUT2D eigenvalue weighted by molar-refractivity contribution is 9.10. The highest BCUT2D eigenvalue weighted by atomic mass is 79.9. The molecule has 2 N–H and O–H groups in total. The summed E-state index contributed by atoms with van der Waals surface area (Å²) in [6.45, 7) is -1.50. The predicted octanol–water partition coefficient (Wildman–Crippen LogP) is 3.11. The molecule has 0 saturated carbocycles. The summed E-state index contributed by atoms with van der Waals surface area (Å²) in [6.07, 6.45) is -4.48. The minimum absolute atomic E-state index is 0.0625. The van der Waals surface area contributed by atoms with Gasteiger partial charge in [-0.1, -0.05) is 0 Å². The van der Waals surface area contributed by atoms with Crippen molar-refractivity contribution in [2.45, 2.75) is 6.18 Å². The van der Waals surface area contributed by atoms with Crippen LogP contribution in [0.3, 0.4) is 0 Å². The quantitative estimate of drug-likeness (QED) is 0.670. The third-order valence-corrected chi connectivity index (χ3v) is 2.05. The number of anilines is 1. The lowest BCUT2D eigenvalue weighted by atomic mass is 10.3. The normalized spacial score (nSPS) is 11.5.